The first-order valence-corrected chi connectivity index (χ1v) is 6.38. The van der Waals surface area contributed by atoms with E-state index in [1.165, 1.54) is 12.8 Å². The smallest absolute Gasteiger partial charge is 0.140 e. The largest absolute Gasteiger partial charge is 0.489 e. The lowest BCUT2D eigenvalue weighted by Gasteiger charge is -2.34. The van der Waals surface area contributed by atoms with Crippen LogP contribution in [0.25, 0.3) is 0 Å². The van der Waals surface area contributed by atoms with Crippen LogP contribution in [0.1, 0.15) is 39.5 Å². The van der Waals surface area contributed by atoms with Crippen molar-refractivity contribution in [2.75, 3.05) is 12.4 Å². The summed E-state index contributed by atoms with van der Waals surface area (Å²) in [6, 6.07) is 2.01. The van der Waals surface area contributed by atoms with Crippen LogP contribution in [0.5, 0.6) is 5.75 Å². The van der Waals surface area contributed by atoms with Crippen LogP contribution in [-0.4, -0.2) is 18.1 Å². The summed E-state index contributed by atoms with van der Waals surface area (Å²) in [5.41, 5.74) is 1.49. The Kier molecular flexibility index (Phi) is 3.55. The van der Waals surface area contributed by atoms with Crippen molar-refractivity contribution in [3.8, 4) is 5.75 Å². The fraction of sp³-hybridized carbons (Fsp3) is 0.643. The Labute approximate surface area is 104 Å². The van der Waals surface area contributed by atoms with Crippen LogP contribution in [0, 0.1) is 5.41 Å². The molecular formula is C14H22N2O. The molecule has 0 radical (unpaired) electrons. The van der Waals surface area contributed by atoms with Crippen molar-refractivity contribution in [1.82, 2.24) is 4.98 Å². The average molecular weight is 234 g/mol. The lowest BCUT2D eigenvalue weighted by molar-refractivity contribution is 0.0985. The lowest BCUT2D eigenvalue weighted by atomic mass is 9.76. The normalized spacial score (nSPS) is 19.9. The van der Waals surface area contributed by atoms with E-state index in [4.69, 9.17) is 4.74 Å². The quantitative estimate of drug-likeness (QED) is 0.869. The topological polar surface area (TPSA) is 34.2 Å². The number of hydrogen-bond acceptors (Lipinski definition) is 3. The van der Waals surface area contributed by atoms with Crippen molar-refractivity contribution in [2.24, 2.45) is 5.41 Å². The van der Waals surface area contributed by atoms with Gasteiger partial charge in [-0.2, -0.15) is 0 Å². The van der Waals surface area contributed by atoms with E-state index in [-0.39, 0.29) is 0 Å². The highest BCUT2D eigenvalue weighted by atomic mass is 16.5. The third kappa shape index (κ3) is 3.35. The van der Waals surface area contributed by atoms with Crippen molar-refractivity contribution >= 4 is 5.69 Å². The highest BCUT2D eigenvalue weighted by Gasteiger charge is 2.27. The minimum atomic E-state index is 0.358. The van der Waals surface area contributed by atoms with E-state index in [9.17, 15) is 0 Å². The van der Waals surface area contributed by atoms with Gasteiger partial charge in [-0.05, 0) is 31.1 Å². The fourth-order valence-corrected chi connectivity index (χ4v) is 2.30. The van der Waals surface area contributed by atoms with E-state index in [2.05, 4.69) is 24.1 Å². The van der Waals surface area contributed by atoms with E-state index in [1.807, 2.05) is 13.1 Å². The van der Waals surface area contributed by atoms with Crippen molar-refractivity contribution < 1.29 is 4.74 Å². The second-order valence-electron chi connectivity index (χ2n) is 5.64. The van der Waals surface area contributed by atoms with Crippen LogP contribution < -0.4 is 10.1 Å². The number of nitrogens with zero attached hydrogens (tertiary/aromatic N) is 1. The molecule has 1 heterocycles. The molecule has 3 nitrogen and oxygen atoms in total. The predicted molar refractivity (Wildman–Crippen MR) is 70.4 cm³/mol. The summed E-state index contributed by atoms with van der Waals surface area (Å²) in [6.45, 7) is 4.68. The molecule has 1 fully saturated rings. The van der Waals surface area contributed by atoms with Gasteiger partial charge in [0.1, 0.15) is 5.75 Å². The van der Waals surface area contributed by atoms with E-state index in [0.29, 0.717) is 11.5 Å². The summed E-state index contributed by atoms with van der Waals surface area (Å²) in [5.74, 6) is 0.876. The van der Waals surface area contributed by atoms with Crippen LogP contribution in [0.15, 0.2) is 18.5 Å². The van der Waals surface area contributed by atoms with E-state index < -0.39 is 0 Å². The molecule has 1 aliphatic rings. The van der Waals surface area contributed by atoms with Gasteiger partial charge in [0.2, 0.25) is 0 Å². The van der Waals surface area contributed by atoms with Crippen LogP contribution >= 0.6 is 0 Å². The molecule has 2 rings (SSSR count). The Morgan fingerprint density at radius 2 is 2.00 bits per heavy atom. The first-order valence-electron chi connectivity index (χ1n) is 6.38. The Morgan fingerprint density at radius 3 is 2.65 bits per heavy atom. The van der Waals surface area contributed by atoms with E-state index in [1.54, 1.807) is 12.4 Å². The SMILES string of the molecule is CNc1cncc(OC2CCC(C)(C)CC2)c1. The van der Waals surface area contributed by atoms with Crippen molar-refractivity contribution in [3.63, 3.8) is 0 Å². The van der Waals surface area contributed by atoms with Crippen molar-refractivity contribution in [2.45, 2.75) is 45.6 Å². The molecule has 0 spiro atoms. The zero-order valence-corrected chi connectivity index (χ0v) is 11.0. The Morgan fingerprint density at radius 1 is 1.29 bits per heavy atom. The van der Waals surface area contributed by atoms with Gasteiger partial charge in [-0.25, -0.2) is 0 Å². The highest BCUT2D eigenvalue weighted by molar-refractivity contribution is 5.44. The molecular weight excluding hydrogens is 212 g/mol. The van der Waals surface area contributed by atoms with Gasteiger partial charge in [-0.1, -0.05) is 13.8 Å². The minimum Gasteiger partial charge on any atom is -0.489 e. The average Bonchev–Trinajstić information content (AvgIpc) is 2.32. The molecule has 3 heteroatoms. The summed E-state index contributed by atoms with van der Waals surface area (Å²) in [7, 11) is 1.89. The summed E-state index contributed by atoms with van der Waals surface area (Å²) in [6.07, 6.45) is 8.75. The molecule has 17 heavy (non-hydrogen) atoms. The molecule has 0 saturated heterocycles. The number of pyridine rings is 1. The van der Waals surface area contributed by atoms with Crippen LogP contribution in [-0.2, 0) is 0 Å². The molecule has 1 aliphatic carbocycles. The predicted octanol–water partition coefficient (Wildman–Crippen LogP) is 3.47. The molecule has 1 aromatic rings. The first-order chi connectivity index (χ1) is 8.09. The van der Waals surface area contributed by atoms with Crippen LogP contribution in [0.4, 0.5) is 5.69 Å². The molecule has 0 atom stereocenters. The molecule has 0 aromatic carbocycles. The summed E-state index contributed by atoms with van der Waals surface area (Å²) in [4.78, 5) is 4.16. The van der Waals surface area contributed by atoms with Gasteiger partial charge in [-0.15, -0.1) is 0 Å². The molecule has 1 N–H and O–H groups in total. The van der Waals surface area contributed by atoms with Crippen LogP contribution in [0.2, 0.25) is 0 Å². The van der Waals surface area contributed by atoms with Crippen molar-refractivity contribution in [1.29, 1.82) is 0 Å². The second-order valence-corrected chi connectivity index (χ2v) is 5.64. The molecule has 1 saturated carbocycles. The molecule has 0 amide bonds. The number of nitrogens with one attached hydrogen (secondary N) is 1. The number of rotatable bonds is 3. The highest BCUT2D eigenvalue weighted by Crippen LogP contribution is 2.36. The number of anilines is 1. The maximum absolute atomic E-state index is 5.99. The fourth-order valence-electron chi connectivity index (χ4n) is 2.30. The molecule has 94 valence electrons. The van der Waals surface area contributed by atoms with E-state index in [0.717, 1.165) is 24.3 Å². The van der Waals surface area contributed by atoms with Gasteiger partial charge in [0.05, 0.1) is 24.2 Å². The zero-order chi connectivity index (χ0) is 12.3. The second kappa shape index (κ2) is 4.94. The van der Waals surface area contributed by atoms with E-state index >= 15 is 0 Å². The summed E-state index contributed by atoms with van der Waals surface area (Å²) >= 11 is 0. The van der Waals surface area contributed by atoms with Gasteiger partial charge in [0, 0.05) is 13.1 Å². The third-order valence-electron chi connectivity index (χ3n) is 3.59. The Balaban J connectivity index is 1.93. The van der Waals surface area contributed by atoms with Gasteiger partial charge < -0.3 is 10.1 Å². The van der Waals surface area contributed by atoms with Gasteiger partial charge in [0.25, 0.3) is 0 Å². The summed E-state index contributed by atoms with van der Waals surface area (Å²) < 4.78 is 5.99. The van der Waals surface area contributed by atoms with Crippen LogP contribution in [0.3, 0.4) is 0 Å². The monoisotopic (exact) mass is 234 g/mol. The maximum atomic E-state index is 5.99. The maximum Gasteiger partial charge on any atom is 0.140 e. The zero-order valence-electron chi connectivity index (χ0n) is 11.0. The minimum absolute atomic E-state index is 0.358. The number of ether oxygens (including phenoxy) is 1. The van der Waals surface area contributed by atoms with Gasteiger partial charge >= 0.3 is 0 Å². The third-order valence-corrected chi connectivity index (χ3v) is 3.59. The number of hydrogen-bond donors (Lipinski definition) is 1. The van der Waals surface area contributed by atoms with Crippen molar-refractivity contribution in [3.05, 3.63) is 18.5 Å². The van der Waals surface area contributed by atoms with Gasteiger partial charge in [0.15, 0.2) is 0 Å². The molecule has 0 aliphatic heterocycles. The first kappa shape index (κ1) is 12.2. The van der Waals surface area contributed by atoms with Gasteiger partial charge in [-0.3, -0.25) is 4.98 Å². The lowest BCUT2D eigenvalue weighted by Crippen LogP contribution is -2.28. The molecule has 0 unspecified atom stereocenters. The molecule has 1 aromatic heterocycles. The Bertz CT molecular complexity index is 366. The standard InChI is InChI=1S/C14H22N2O/c1-14(2)6-4-12(5-7-14)17-13-8-11(15-3)9-16-10-13/h8-10,12,15H,4-7H2,1-3H3. The summed E-state index contributed by atoms with van der Waals surface area (Å²) in [5, 5.41) is 3.08. The molecule has 0 bridgehead atoms. The number of aromatic nitrogens is 1. The Hall–Kier alpha value is -1.25.